The van der Waals surface area contributed by atoms with Gasteiger partial charge in [0.2, 0.25) is 0 Å². The first-order valence-corrected chi connectivity index (χ1v) is 6.62. The van der Waals surface area contributed by atoms with Crippen molar-refractivity contribution in [3.63, 3.8) is 0 Å². The summed E-state index contributed by atoms with van der Waals surface area (Å²) in [7, 11) is 0. The maximum absolute atomic E-state index is 14.3. The van der Waals surface area contributed by atoms with Crippen LogP contribution in [-0.4, -0.2) is 19.3 Å². The molecule has 2 aliphatic rings. The van der Waals surface area contributed by atoms with Gasteiger partial charge in [-0.3, -0.25) is 0 Å². The van der Waals surface area contributed by atoms with Crippen molar-refractivity contribution in [2.75, 3.05) is 13.1 Å². The summed E-state index contributed by atoms with van der Waals surface area (Å²) in [4.78, 5) is 0. The molecule has 2 atom stereocenters. The third-order valence-electron chi connectivity index (χ3n) is 4.30. The third-order valence-corrected chi connectivity index (χ3v) is 4.30. The van der Waals surface area contributed by atoms with Gasteiger partial charge in [-0.1, -0.05) is 19.8 Å². The molecule has 2 rings (SSSR count). The van der Waals surface area contributed by atoms with Crippen LogP contribution in [0.3, 0.4) is 0 Å². The van der Waals surface area contributed by atoms with Gasteiger partial charge in [-0.25, -0.2) is 4.39 Å². The topological polar surface area (TPSA) is 12.0 Å². The van der Waals surface area contributed by atoms with Crippen molar-refractivity contribution in [2.45, 2.75) is 51.6 Å². The normalized spacial score (nSPS) is 40.0. The van der Waals surface area contributed by atoms with Gasteiger partial charge >= 0.3 is 0 Å². The molecule has 1 heterocycles. The minimum absolute atomic E-state index is 0.303. The molecule has 0 spiro atoms. The lowest BCUT2D eigenvalue weighted by Gasteiger charge is -2.34. The Morgan fingerprint density at radius 3 is 2.40 bits per heavy atom. The average molecular weight is 213 g/mol. The monoisotopic (exact) mass is 213 g/mol. The Hall–Kier alpha value is -0.110. The van der Waals surface area contributed by atoms with E-state index in [2.05, 4.69) is 12.2 Å². The van der Waals surface area contributed by atoms with E-state index in [1.54, 1.807) is 0 Å². The Bertz CT molecular complexity index is 181. The molecule has 0 aromatic carbocycles. The van der Waals surface area contributed by atoms with Crippen LogP contribution in [0.15, 0.2) is 0 Å². The van der Waals surface area contributed by atoms with Crippen molar-refractivity contribution >= 4 is 0 Å². The molecular weight excluding hydrogens is 189 g/mol. The minimum Gasteiger partial charge on any atom is -0.316 e. The van der Waals surface area contributed by atoms with Crippen molar-refractivity contribution < 1.29 is 4.39 Å². The maximum Gasteiger partial charge on any atom is 0.107 e. The van der Waals surface area contributed by atoms with Crippen LogP contribution in [0.5, 0.6) is 0 Å². The van der Waals surface area contributed by atoms with Crippen LogP contribution in [0, 0.1) is 17.8 Å². The molecule has 0 aromatic rings. The van der Waals surface area contributed by atoms with E-state index in [1.807, 2.05) is 0 Å². The number of hydrogen-bond donors (Lipinski definition) is 1. The van der Waals surface area contributed by atoms with E-state index in [4.69, 9.17) is 0 Å². The van der Waals surface area contributed by atoms with Crippen molar-refractivity contribution in [2.24, 2.45) is 17.8 Å². The molecule has 1 aliphatic heterocycles. The Balaban J connectivity index is 1.81. The highest BCUT2D eigenvalue weighted by molar-refractivity contribution is 4.83. The standard InChI is InChI=1S/C13H24FN/c1-10-4-6-11(7-5-10)13(14)12-3-2-8-15-9-12/h10-13,15H,2-9H2,1H3. The second kappa shape index (κ2) is 5.29. The van der Waals surface area contributed by atoms with Gasteiger partial charge in [-0.05, 0) is 44.1 Å². The Labute approximate surface area is 92.8 Å². The number of alkyl halides is 1. The molecule has 0 bridgehead atoms. The van der Waals surface area contributed by atoms with Crippen molar-refractivity contribution in [3.05, 3.63) is 0 Å². The molecule has 1 N–H and O–H groups in total. The predicted octanol–water partition coefficient (Wildman–Crippen LogP) is 3.15. The Kier molecular flexibility index (Phi) is 4.01. The van der Waals surface area contributed by atoms with E-state index in [1.165, 1.54) is 12.8 Å². The predicted molar refractivity (Wildman–Crippen MR) is 61.6 cm³/mol. The van der Waals surface area contributed by atoms with E-state index in [-0.39, 0.29) is 0 Å². The molecule has 1 aliphatic carbocycles. The lowest BCUT2D eigenvalue weighted by Crippen LogP contribution is -2.39. The maximum atomic E-state index is 14.3. The molecular formula is C13H24FN. The van der Waals surface area contributed by atoms with Gasteiger partial charge in [0.25, 0.3) is 0 Å². The van der Waals surface area contributed by atoms with Gasteiger partial charge in [0.05, 0.1) is 0 Å². The van der Waals surface area contributed by atoms with Crippen LogP contribution in [0.25, 0.3) is 0 Å². The molecule has 1 saturated heterocycles. The molecule has 0 aromatic heterocycles. The SMILES string of the molecule is CC1CCC(C(F)C2CCCNC2)CC1. The zero-order chi connectivity index (χ0) is 10.7. The van der Waals surface area contributed by atoms with Crippen LogP contribution >= 0.6 is 0 Å². The second-order valence-corrected chi connectivity index (χ2v) is 5.57. The van der Waals surface area contributed by atoms with Gasteiger partial charge in [-0.15, -0.1) is 0 Å². The smallest absolute Gasteiger partial charge is 0.107 e. The fourth-order valence-electron chi connectivity index (χ4n) is 3.14. The van der Waals surface area contributed by atoms with E-state index in [0.29, 0.717) is 11.8 Å². The summed E-state index contributed by atoms with van der Waals surface area (Å²) in [5, 5.41) is 3.32. The molecule has 15 heavy (non-hydrogen) atoms. The lowest BCUT2D eigenvalue weighted by molar-refractivity contribution is 0.0925. The highest BCUT2D eigenvalue weighted by Crippen LogP contribution is 2.35. The van der Waals surface area contributed by atoms with Crippen molar-refractivity contribution in [1.82, 2.24) is 5.32 Å². The summed E-state index contributed by atoms with van der Waals surface area (Å²) in [5.74, 6) is 1.50. The number of rotatable bonds is 2. The van der Waals surface area contributed by atoms with Crippen LogP contribution < -0.4 is 5.32 Å². The van der Waals surface area contributed by atoms with Crippen LogP contribution in [0.4, 0.5) is 4.39 Å². The minimum atomic E-state index is -0.537. The average Bonchev–Trinajstić information content (AvgIpc) is 2.30. The molecule has 1 nitrogen and oxygen atoms in total. The summed E-state index contributed by atoms with van der Waals surface area (Å²) in [6.07, 6.45) is 6.45. The zero-order valence-electron chi connectivity index (χ0n) is 9.84. The highest BCUT2D eigenvalue weighted by atomic mass is 19.1. The molecule has 2 unspecified atom stereocenters. The van der Waals surface area contributed by atoms with Crippen molar-refractivity contribution in [3.8, 4) is 0 Å². The van der Waals surface area contributed by atoms with Crippen molar-refractivity contribution in [1.29, 1.82) is 0 Å². The molecule has 2 heteroatoms. The van der Waals surface area contributed by atoms with E-state index in [0.717, 1.165) is 44.7 Å². The molecule has 88 valence electrons. The molecule has 0 radical (unpaired) electrons. The number of nitrogens with one attached hydrogen (secondary N) is 1. The van der Waals surface area contributed by atoms with E-state index < -0.39 is 6.17 Å². The second-order valence-electron chi connectivity index (χ2n) is 5.57. The van der Waals surface area contributed by atoms with E-state index >= 15 is 0 Å². The lowest BCUT2D eigenvalue weighted by atomic mass is 9.76. The Morgan fingerprint density at radius 2 is 1.80 bits per heavy atom. The summed E-state index contributed by atoms with van der Waals surface area (Å²) >= 11 is 0. The van der Waals surface area contributed by atoms with Gasteiger partial charge in [0, 0.05) is 12.5 Å². The zero-order valence-corrected chi connectivity index (χ0v) is 9.84. The van der Waals surface area contributed by atoms with E-state index in [9.17, 15) is 4.39 Å². The molecule has 2 fully saturated rings. The quantitative estimate of drug-likeness (QED) is 0.743. The summed E-state index contributed by atoms with van der Waals surface area (Å²) < 4.78 is 14.3. The number of hydrogen-bond acceptors (Lipinski definition) is 1. The molecule has 0 amide bonds. The first-order chi connectivity index (χ1) is 7.27. The van der Waals surface area contributed by atoms with Gasteiger partial charge in [0.1, 0.15) is 6.17 Å². The molecule has 1 saturated carbocycles. The number of piperidine rings is 1. The summed E-state index contributed by atoms with van der Waals surface area (Å²) in [5.41, 5.74) is 0. The van der Waals surface area contributed by atoms with Gasteiger partial charge < -0.3 is 5.32 Å². The van der Waals surface area contributed by atoms with Crippen LogP contribution in [0.1, 0.15) is 45.4 Å². The first-order valence-electron chi connectivity index (χ1n) is 6.62. The third kappa shape index (κ3) is 2.93. The highest BCUT2D eigenvalue weighted by Gasteiger charge is 2.32. The fourth-order valence-corrected chi connectivity index (χ4v) is 3.14. The largest absolute Gasteiger partial charge is 0.316 e. The van der Waals surface area contributed by atoms with Crippen LogP contribution in [-0.2, 0) is 0 Å². The fraction of sp³-hybridized carbons (Fsp3) is 1.00. The Morgan fingerprint density at radius 1 is 1.07 bits per heavy atom. The first kappa shape index (κ1) is 11.4. The van der Waals surface area contributed by atoms with Gasteiger partial charge in [-0.2, -0.15) is 0 Å². The summed E-state index contributed by atoms with van der Waals surface area (Å²) in [6.45, 7) is 4.30. The summed E-state index contributed by atoms with van der Waals surface area (Å²) in [6, 6.07) is 0. The van der Waals surface area contributed by atoms with Gasteiger partial charge in [0.15, 0.2) is 0 Å². The van der Waals surface area contributed by atoms with Crippen LogP contribution in [0.2, 0.25) is 0 Å². The number of halogens is 1.